The minimum atomic E-state index is -0.993. The molecule has 24 heavy (non-hydrogen) atoms. The number of amides is 2. The van der Waals surface area contributed by atoms with Crippen LogP contribution in [0.25, 0.3) is 0 Å². The van der Waals surface area contributed by atoms with Crippen LogP contribution in [0.2, 0.25) is 0 Å². The molecule has 2 aromatic rings. The largest absolute Gasteiger partial charge is 0.465 e. The highest BCUT2D eigenvalue weighted by atomic mass is 16.4. The van der Waals surface area contributed by atoms with Crippen molar-refractivity contribution >= 4 is 17.7 Å². The van der Waals surface area contributed by atoms with Crippen molar-refractivity contribution in [3.63, 3.8) is 0 Å². The summed E-state index contributed by atoms with van der Waals surface area (Å²) in [6, 6.07) is 5.54. The molecule has 3 rings (SSSR count). The van der Waals surface area contributed by atoms with Crippen molar-refractivity contribution in [1.29, 1.82) is 0 Å². The maximum absolute atomic E-state index is 12.7. The lowest BCUT2D eigenvalue weighted by molar-refractivity contribution is 0.0981. The van der Waals surface area contributed by atoms with E-state index < -0.39 is 12.0 Å². The van der Waals surface area contributed by atoms with Gasteiger partial charge in [-0.05, 0) is 43.5 Å². The van der Waals surface area contributed by atoms with Crippen LogP contribution >= 0.6 is 0 Å². The third kappa shape index (κ3) is 2.71. The zero-order valence-corrected chi connectivity index (χ0v) is 13.5. The zero-order chi connectivity index (χ0) is 17.4. The molecule has 1 aromatic carbocycles. The van der Waals surface area contributed by atoms with Crippen LogP contribution < -0.4 is 10.9 Å². The van der Waals surface area contributed by atoms with E-state index in [2.05, 4.69) is 10.2 Å². The molecule has 8 nitrogen and oxygen atoms in total. The molecule has 1 aliphatic heterocycles. The second-order valence-electron chi connectivity index (χ2n) is 5.92. The molecular weight excluding hydrogens is 310 g/mol. The molecule has 0 bridgehead atoms. The Labute approximate surface area is 138 Å². The number of anilines is 1. The van der Waals surface area contributed by atoms with E-state index in [4.69, 9.17) is 10.9 Å². The first kappa shape index (κ1) is 16.0. The summed E-state index contributed by atoms with van der Waals surface area (Å²) in [6.07, 6.45) is -0.563. The van der Waals surface area contributed by atoms with Crippen molar-refractivity contribution in [3.05, 3.63) is 46.3 Å². The van der Waals surface area contributed by atoms with E-state index in [0.717, 1.165) is 21.7 Å². The zero-order valence-electron chi connectivity index (χ0n) is 13.5. The van der Waals surface area contributed by atoms with Crippen LogP contribution in [0.5, 0.6) is 0 Å². The lowest BCUT2D eigenvalue weighted by Gasteiger charge is -2.24. The van der Waals surface area contributed by atoms with Crippen LogP contribution in [0.1, 0.15) is 32.9 Å². The fourth-order valence-corrected chi connectivity index (χ4v) is 2.76. The second-order valence-corrected chi connectivity index (χ2v) is 5.92. The van der Waals surface area contributed by atoms with Crippen LogP contribution in [-0.2, 0) is 13.0 Å². The van der Waals surface area contributed by atoms with Gasteiger partial charge in [0.2, 0.25) is 0 Å². The number of hydrogen-bond acceptors (Lipinski definition) is 4. The van der Waals surface area contributed by atoms with Gasteiger partial charge in [0.25, 0.3) is 5.91 Å². The summed E-state index contributed by atoms with van der Waals surface area (Å²) < 4.78 is 0. The van der Waals surface area contributed by atoms with Gasteiger partial charge in [0.05, 0.1) is 17.9 Å². The summed E-state index contributed by atoms with van der Waals surface area (Å²) in [6.45, 7) is 4.44. The number of hydrazine groups is 1. The number of hydrogen-bond donors (Lipinski definition) is 3. The first-order chi connectivity index (χ1) is 11.4. The molecule has 1 aromatic heterocycles. The first-order valence-corrected chi connectivity index (χ1v) is 7.59. The van der Waals surface area contributed by atoms with Gasteiger partial charge in [-0.25, -0.2) is 15.6 Å². The number of nitrogens with one attached hydrogen (secondary N) is 1. The summed E-state index contributed by atoms with van der Waals surface area (Å²) >= 11 is 0. The van der Waals surface area contributed by atoms with E-state index in [9.17, 15) is 9.59 Å². The molecule has 2 heterocycles. The molecule has 4 N–H and O–H groups in total. The number of rotatable bonds is 2. The van der Waals surface area contributed by atoms with Crippen molar-refractivity contribution in [2.24, 2.45) is 5.84 Å². The van der Waals surface area contributed by atoms with E-state index in [-0.39, 0.29) is 6.54 Å². The van der Waals surface area contributed by atoms with Gasteiger partial charge < -0.3 is 10.0 Å². The number of H-pyrrole nitrogens is 1. The highest BCUT2D eigenvalue weighted by Gasteiger charge is 2.29. The number of nitrogens with zero attached hydrogens (tertiary/aromatic N) is 3. The van der Waals surface area contributed by atoms with Gasteiger partial charge in [-0.2, -0.15) is 5.10 Å². The molecule has 0 spiro atoms. The molecular formula is C16H19N5O3. The molecule has 0 aliphatic carbocycles. The predicted octanol–water partition coefficient (Wildman–Crippen LogP) is 1.58. The third-order valence-corrected chi connectivity index (χ3v) is 4.40. The van der Waals surface area contributed by atoms with Crippen molar-refractivity contribution in [1.82, 2.24) is 15.1 Å². The first-order valence-electron chi connectivity index (χ1n) is 7.59. The van der Waals surface area contributed by atoms with E-state index in [1.54, 1.807) is 6.07 Å². The number of aryl methyl sites for hydroxylation is 2. The molecule has 0 atom stereocenters. The van der Waals surface area contributed by atoms with Crippen molar-refractivity contribution in [2.75, 3.05) is 11.6 Å². The second kappa shape index (κ2) is 5.97. The van der Waals surface area contributed by atoms with Crippen molar-refractivity contribution in [2.45, 2.75) is 26.8 Å². The number of nitrogens with two attached hydrogens (primary N) is 1. The van der Waals surface area contributed by atoms with Crippen LogP contribution in [-0.4, -0.2) is 38.7 Å². The molecule has 126 valence electrons. The smallest absolute Gasteiger partial charge is 0.407 e. The van der Waals surface area contributed by atoms with Gasteiger partial charge in [0, 0.05) is 12.1 Å². The molecule has 2 amide bonds. The summed E-state index contributed by atoms with van der Waals surface area (Å²) in [5, 5.41) is 16.9. The number of carbonyl (C=O) groups excluding carboxylic acids is 1. The Morgan fingerprint density at radius 1 is 1.33 bits per heavy atom. The van der Waals surface area contributed by atoms with Gasteiger partial charge >= 0.3 is 6.09 Å². The van der Waals surface area contributed by atoms with Crippen LogP contribution in [0.4, 0.5) is 10.5 Å². The van der Waals surface area contributed by atoms with Crippen molar-refractivity contribution in [3.8, 4) is 0 Å². The predicted molar refractivity (Wildman–Crippen MR) is 87.6 cm³/mol. The average molecular weight is 329 g/mol. The van der Waals surface area contributed by atoms with Gasteiger partial charge in [0.15, 0.2) is 0 Å². The van der Waals surface area contributed by atoms with E-state index >= 15 is 0 Å². The molecule has 8 heteroatoms. The Morgan fingerprint density at radius 3 is 2.75 bits per heavy atom. The molecule has 0 unspecified atom stereocenters. The van der Waals surface area contributed by atoms with Gasteiger partial charge in [-0.15, -0.1) is 0 Å². The summed E-state index contributed by atoms with van der Waals surface area (Å²) in [5.74, 6) is 5.60. The maximum Gasteiger partial charge on any atom is 0.407 e. The fraction of sp³-hybridized carbons (Fsp3) is 0.312. The fourth-order valence-electron chi connectivity index (χ4n) is 2.76. The Bertz CT molecular complexity index is 814. The standard InChI is InChI=1S/C16H19N5O3/c1-9-3-4-11(7-10(9)2)21(17)15(22)14-12-5-6-20(16(23)24)8-13(12)18-19-14/h3-4,7H,5-6,8,17H2,1-2H3,(H,18,19)(H,23,24). The summed E-state index contributed by atoms with van der Waals surface area (Å²) in [4.78, 5) is 25.0. The highest BCUT2D eigenvalue weighted by molar-refractivity contribution is 6.05. The Kier molecular flexibility index (Phi) is 3.98. The van der Waals surface area contributed by atoms with Gasteiger partial charge in [-0.1, -0.05) is 6.07 Å². The number of benzene rings is 1. The molecule has 0 fully saturated rings. The van der Waals surface area contributed by atoms with E-state index in [0.29, 0.717) is 30.0 Å². The van der Waals surface area contributed by atoms with Crippen LogP contribution in [0.15, 0.2) is 18.2 Å². The number of aromatic amines is 1. The summed E-state index contributed by atoms with van der Waals surface area (Å²) in [5.41, 5.74) is 4.37. The molecule has 0 saturated carbocycles. The molecule has 1 aliphatic rings. The Hall–Kier alpha value is -2.87. The SMILES string of the molecule is Cc1ccc(N(N)C(=O)c2[nH]nc3c2CCN(C(=O)O)C3)cc1C. The monoisotopic (exact) mass is 329 g/mol. The van der Waals surface area contributed by atoms with E-state index in [1.807, 2.05) is 26.0 Å². The average Bonchev–Trinajstić information content (AvgIpc) is 2.99. The molecule has 0 saturated heterocycles. The number of carboxylic acid groups (broad SMARTS) is 1. The van der Waals surface area contributed by atoms with E-state index in [1.165, 1.54) is 4.90 Å². The third-order valence-electron chi connectivity index (χ3n) is 4.40. The quantitative estimate of drug-likeness (QED) is 0.439. The maximum atomic E-state index is 12.7. The summed E-state index contributed by atoms with van der Waals surface area (Å²) in [7, 11) is 0. The van der Waals surface area contributed by atoms with Gasteiger partial charge in [-0.3, -0.25) is 9.89 Å². The minimum Gasteiger partial charge on any atom is -0.465 e. The lowest BCUT2D eigenvalue weighted by Crippen LogP contribution is -2.39. The molecule has 0 radical (unpaired) electrons. The topological polar surface area (TPSA) is 116 Å². The van der Waals surface area contributed by atoms with Gasteiger partial charge in [0.1, 0.15) is 5.69 Å². The normalized spacial score (nSPS) is 13.5. The number of aromatic nitrogens is 2. The Morgan fingerprint density at radius 2 is 2.08 bits per heavy atom. The Balaban J connectivity index is 1.86. The highest BCUT2D eigenvalue weighted by Crippen LogP contribution is 2.23. The number of carbonyl (C=O) groups is 2. The lowest BCUT2D eigenvalue weighted by atomic mass is 10.0. The number of fused-ring (bicyclic) bond motifs is 1. The van der Waals surface area contributed by atoms with Crippen molar-refractivity contribution < 1.29 is 14.7 Å². The van der Waals surface area contributed by atoms with Crippen LogP contribution in [0.3, 0.4) is 0 Å². The van der Waals surface area contributed by atoms with Crippen LogP contribution in [0, 0.1) is 13.8 Å². The minimum absolute atomic E-state index is 0.169.